The molecule has 0 aliphatic carbocycles. The van der Waals surface area contributed by atoms with Gasteiger partial charge in [-0.2, -0.15) is 0 Å². The molecule has 0 fully saturated rings. The molecule has 0 bridgehead atoms. The van der Waals surface area contributed by atoms with Crippen LogP contribution in [0, 0.1) is 0 Å². The summed E-state index contributed by atoms with van der Waals surface area (Å²) in [4.78, 5) is 10.8. The standard InChI is InChI=1S/C9H21NO3Si/c1-9(2,3)14(4,5)13-7(6-10)8(11)12/h7H,6,10H2,1-5H3,(H,11,12)/t7-/m0/s1. The van der Waals surface area contributed by atoms with E-state index in [1.165, 1.54) is 0 Å². The maximum absolute atomic E-state index is 10.8. The summed E-state index contributed by atoms with van der Waals surface area (Å²) in [5, 5.41) is 8.83. The smallest absolute Gasteiger partial charge is 0.332 e. The Labute approximate surface area is 86.6 Å². The second kappa shape index (κ2) is 4.42. The summed E-state index contributed by atoms with van der Waals surface area (Å²) in [5.74, 6) is -0.975. The second-order valence-corrected chi connectivity index (χ2v) is 9.70. The minimum atomic E-state index is -2.01. The van der Waals surface area contributed by atoms with Gasteiger partial charge in [0.25, 0.3) is 0 Å². The van der Waals surface area contributed by atoms with Crippen LogP contribution < -0.4 is 5.73 Å². The number of carbonyl (C=O) groups is 1. The third kappa shape index (κ3) is 3.40. The molecule has 0 rings (SSSR count). The average Bonchev–Trinajstić information content (AvgIpc) is 1.97. The molecule has 0 saturated carbocycles. The lowest BCUT2D eigenvalue weighted by atomic mass is 10.2. The fourth-order valence-corrected chi connectivity index (χ4v) is 1.99. The summed E-state index contributed by atoms with van der Waals surface area (Å²) in [7, 11) is -2.01. The molecule has 0 aliphatic heterocycles. The molecule has 0 aliphatic rings. The van der Waals surface area contributed by atoms with Gasteiger partial charge in [0.1, 0.15) is 0 Å². The van der Waals surface area contributed by atoms with E-state index in [0.717, 1.165) is 0 Å². The topological polar surface area (TPSA) is 72.5 Å². The van der Waals surface area contributed by atoms with Gasteiger partial charge < -0.3 is 15.3 Å². The van der Waals surface area contributed by atoms with Crippen molar-refractivity contribution in [3.05, 3.63) is 0 Å². The molecule has 0 saturated heterocycles. The number of carboxylic acids is 1. The molecule has 0 heterocycles. The number of hydrogen-bond donors (Lipinski definition) is 2. The van der Waals surface area contributed by atoms with E-state index >= 15 is 0 Å². The van der Waals surface area contributed by atoms with Gasteiger partial charge >= 0.3 is 5.97 Å². The van der Waals surface area contributed by atoms with Crippen LogP contribution in [-0.4, -0.2) is 32.0 Å². The van der Waals surface area contributed by atoms with Gasteiger partial charge in [-0.05, 0) is 18.1 Å². The molecule has 0 spiro atoms. The first-order valence-corrected chi connectivity index (χ1v) is 7.63. The molecule has 3 N–H and O–H groups in total. The monoisotopic (exact) mass is 219 g/mol. The third-order valence-electron chi connectivity index (χ3n) is 2.73. The quantitative estimate of drug-likeness (QED) is 0.701. The highest BCUT2D eigenvalue weighted by Crippen LogP contribution is 2.37. The average molecular weight is 219 g/mol. The molecule has 0 aromatic rings. The first-order chi connectivity index (χ1) is 6.12. The lowest BCUT2D eigenvalue weighted by molar-refractivity contribution is -0.145. The van der Waals surface area contributed by atoms with Crippen molar-refractivity contribution >= 4 is 14.3 Å². The van der Waals surface area contributed by atoms with E-state index in [1.54, 1.807) is 0 Å². The summed E-state index contributed by atoms with van der Waals surface area (Å²) in [5.41, 5.74) is 5.34. The highest BCUT2D eigenvalue weighted by atomic mass is 28.4. The van der Waals surface area contributed by atoms with Gasteiger partial charge in [0.2, 0.25) is 0 Å². The van der Waals surface area contributed by atoms with Crippen molar-refractivity contribution in [3.63, 3.8) is 0 Å². The van der Waals surface area contributed by atoms with Crippen molar-refractivity contribution in [3.8, 4) is 0 Å². The van der Waals surface area contributed by atoms with Gasteiger partial charge in [-0.3, -0.25) is 0 Å². The van der Waals surface area contributed by atoms with Crippen LogP contribution in [0.2, 0.25) is 18.1 Å². The summed E-state index contributed by atoms with van der Waals surface area (Å²) in [6.45, 7) is 10.2. The first kappa shape index (κ1) is 13.6. The van der Waals surface area contributed by atoms with E-state index in [-0.39, 0.29) is 11.6 Å². The molecule has 4 nitrogen and oxygen atoms in total. The van der Waals surface area contributed by atoms with Crippen molar-refractivity contribution in [1.29, 1.82) is 0 Å². The number of aliphatic carboxylic acids is 1. The van der Waals surface area contributed by atoms with Crippen LogP contribution in [0.25, 0.3) is 0 Å². The van der Waals surface area contributed by atoms with E-state index in [1.807, 2.05) is 13.1 Å². The van der Waals surface area contributed by atoms with Crippen LogP contribution >= 0.6 is 0 Å². The summed E-state index contributed by atoms with van der Waals surface area (Å²) in [6, 6.07) is 0. The molecule has 0 unspecified atom stereocenters. The third-order valence-corrected chi connectivity index (χ3v) is 7.22. The van der Waals surface area contributed by atoms with Crippen molar-refractivity contribution in [1.82, 2.24) is 0 Å². The second-order valence-electron chi connectivity index (χ2n) is 4.94. The van der Waals surface area contributed by atoms with Crippen molar-refractivity contribution in [2.24, 2.45) is 5.73 Å². The summed E-state index contributed by atoms with van der Waals surface area (Å²) >= 11 is 0. The minimum Gasteiger partial charge on any atom is -0.479 e. The van der Waals surface area contributed by atoms with Crippen molar-refractivity contribution in [2.45, 2.75) is 45.0 Å². The van der Waals surface area contributed by atoms with Crippen LogP contribution in [0.4, 0.5) is 0 Å². The highest BCUT2D eigenvalue weighted by Gasteiger charge is 2.40. The first-order valence-electron chi connectivity index (χ1n) is 4.72. The van der Waals surface area contributed by atoms with Crippen LogP contribution in [0.3, 0.4) is 0 Å². The molecule has 0 radical (unpaired) electrons. The van der Waals surface area contributed by atoms with Gasteiger partial charge in [-0.25, -0.2) is 4.79 Å². The molecule has 0 amide bonds. The van der Waals surface area contributed by atoms with Gasteiger partial charge in [-0.15, -0.1) is 0 Å². The van der Waals surface area contributed by atoms with E-state index in [4.69, 9.17) is 15.3 Å². The zero-order chi connectivity index (χ0) is 11.6. The number of nitrogens with two attached hydrogens (primary N) is 1. The Kier molecular flexibility index (Phi) is 4.29. The zero-order valence-corrected chi connectivity index (χ0v) is 10.6. The lowest BCUT2D eigenvalue weighted by Gasteiger charge is -2.37. The number of rotatable bonds is 4. The Bertz CT molecular complexity index is 211. The normalized spacial score (nSPS) is 15.3. The van der Waals surface area contributed by atoms with Gasteiger partial charge in [0, 0.05) is 6.54 Å². The maximum atomic E-state index is 10.8. The molecular formula is C9H21NO3Si. The predicted molar refractivity (Wildman–Crippen MR) is 58.8 cm³/mol. The summed E-state index contributed by atoms with van der Waals surface area (Å²) < 4.78 is 5.63. The van der Waals surface area contributed by atoms with Gasteiger partial charge in [-0.1, -0.05) is 20.8 Å². The maximum Gasteiger partial charge on any atom is 0.332 e. The largest absolute Gasteiger partial charge is 0.479 e. The van der Waals surface area contributed by atoms with Crippen LogP contribution in [0.5, 0.6) is 0 Å². The van der Waals surface area contributed by atoms with Crippen LogP contribution in [-0.2, 0) is 9.22 Å². The van der Waals surface area contributed by atoms with E-state index in [9.17, 15) is 4.79 Å². The number of hydrogen-bond acceptors (Lipinski definition) is 3. The van der Waals surface area contributed by atoms with E-state index in [0.29, 0.717) is 0 Å². The van der Waals surface area contributed by atoms with Crippen molar-refractivity contribution < 1.29 is 14.3 Å². The lowest BCUT2D eigenvalue weighted by Crippen LogP contribution is -2.48. The Morgan fingerprint density at radius 2 is 1.93 bits per heavy atom. The predicted octanol–water partition coefficient (Wildman–Crippen LogP) is 1.42. The molecule has 14 heavy (non-hydrogen) atoms. The molecule has 0 aromatic heterocycles. The molecule has 1 atom stereocenters. The minimum absolute atomic E-state index is 0.00979. The molecule has 5 heteroatoms. The molecule has 84 valence electrons. The fraction of sp³-hybridized carbons (Fsp3) is 0.889. The zero-order valence-electron chi connectivity index (χ0n) is 9.63. The Balaban J connectivity index is 4.56. The van der Waals surface area contributed by atoms with Gasteiger partial charge in [0.15, 0.2) is 14.4 Å². The van der Waals surface area contributed by atoms with E-state index < -0.39 is 20.4 Å². The fourth-order valence-electron chi connectivity index (χ4n) is 0.732. The molecular weight excluding hydrogens is 198 g/mol. The Hall–Kier alpha value is -0.393. The molecule has 0 aromatic carbocycles. The number of carboxylic acid groups (broad SMARTS) is 1. The SMILES string of the molecule is CC(C)(C)[Si](C)(C)O[C@@H](CN)C(=O)O. The van der Waals surface area contributed by atoms with Gasteiger partial charge in [0.05, 0.1) is 0 Å². The Morgan fingerprint density at radius 1 is 1.50 bits per heavy atom. The van der Waals surface area contributed by atoms with Crippen LogP contribution in [0.1, 0.15) is 20.8 Å². The van der Waals surface area contributed by atoms with Crippen molar-refractivity contribution in [2.75, 3.05) is 6.54 Å². The van der Waals surface area contributed by atoms with Crippen LogP contribution in [0.15, 0.2) is 0 Å². The Morgan fingerprint density at radius 3 is 2.14 bits per heavy atom. The van der Waals surface area contributed by atoms with E-state index in [2.05, 4.69) is 20.8 Å². The highest BCUT2D eigenvalue weighted by molar-refractivity contribution is 6.74. The summed E-state index contributed by atoms with van der Waals surface area (Å²) in [6.07, 6.45) is -0.865.